The maximum Gasteiger partial charge on any atom is 0.0522 e. The maximum absolute atomic E-state index is 4.19. The van der Waals surface area contributed by atoms with Crippen LogP contribution in [0.2, 0.25) is 0 Å². The van der Waals surface area contributed by atoms with Crippen LogP contribution < -0.4 is 0 Å². The van der Waals surface area contributed by atoms with E-state index in [1.54, 1.807) is 0 Å². The van der Waals surface area contributed by atoms with E-state index >= 15 is 0 Å². The molecule has 2 heterocycles. The topological polar surface area (TPSA) is 31.9 Å². The Morgan fingerprint density at radius 3 is 3.18 bits per heavy atom. The molecule has 0 aromatic carbocycles. The quantitative estimate of drug-likeness (QED) is 0.880. The Bertz CT molecular complexity index is 361. The van der Waals surface area contributed by atoms with Gasteiger partial charge in [-0.2, -0.15) is 5.10 Å². The van der Waals surface area contributed by atoms with Crippen molar-refractivity contribution in [3.63, 3.8) is 0 Å². The first-order valence-electron chi connectivity index (χ1n) is 6.63. The SMILES string of the molecule is CCCN1CCCC2Cc3[nH]ncc3CC21.Cl. The average Bonchev–Trinajstić information content (AvgIpc) is 2.74. The molecule has 96 valence electrons. The van der Waals surface area contributed by atoms with E-state index in [9.17, 15) is 0 Å². The number of piperidine rings is 1. The summed E-state index contributed by atoms with van der Waals surface area (Å²) >= 11 is 0. The zero-order chi connectivity index (χ0) is 11.0. The minimum Gasteiger partial charge on any atom is -0.300 e. The minimum absolute atomic E-state index is 0. The van der Waals surface area contributed by atoms with E-state index in [1.165, 1.54) is 56.5 Å². The lowest BCUT2D eigenvalue weighted by Gasteiger charge is -2.43. The van der Waals surface area contributed by atoms with E-state index in [0.717, 1.165) is 12.0 Å². The Balaban J connectivity index is 0.00000108. The van der Waals surface area contributed by atoms with Gasteiger partial charge in [0.1, 0.15) is 0 Å². The van der Waals surface area contributed by atoms with Crippen molar-refractivity contribution in [3.8, 4) is 0 Å². The monoisotopic (exact) mass is 255 g/mol. The van der Waals surface area contributed by atoms with Gasteiger partial charge < -0.3 is 0 Å². The molecule has 1 aliphatic heterocycles. The zero-order valence-corrected chi connectivity index (χ0v) is 11.3. The second-order valence-corrected chi connectivity index (χ2v) is 5.29. The van der Waals surface area contributed by atoms with Crippen molar-refractivity contribution in [3.05, 3.63) is 17.5 Å². The molecule has 0 amide bonds. The van der Waals surface area contributed by atoms with Gasteiger partial charge in [-0.05, 0) is 56.7 Å². The van der Waals surface area contributed by atoms with Crippen molar-refractivity contribution >= 4 is 12.4 Å². The third-order valence-corrected chi connectivity index (χ3v) is 4.25. The summed E-state index contributed by atoms with van der Waals surface area (Å²) in [5.74, 6) is 0.869. The number of aromatic amines is 1. The van der Waals surface area contributed by atoms with E-state index in [1.807, 2.05) is 6.20 Å². The molecule has 1 aliphatic carbocycles. The highest BCUT2D eigenvalue weighted by molar-refractivity contribution is 5.85. The third kappa shape index (κ3) is 2.36. The van der Waals surface area contributed by atoms with Gasteiger partial charge >= 0.3 is 0 Å². The van der Waals surface area contributed by atoms with Gasteiger partial charge in [-0.3, -0.25) is 10.00 Å². The Hall–Kier alpha value is -0.540. The second kappa shape index (κ2) is 5.40. The molecule has 4 heteroatoms. The number of rotatable bonds is 2. The number of hydrogen-bond acceptors (Lipinski definition) is 2. The normalized spacial score (nSPS) is 28.1. The number of hydrogen-bond donors (Lipinski definition) is 1. The summed E-state index contributed by atoms with van der Waals surface area (Å²) in [6.07, 6.45) is 8.54. The summed E-state index contributed by atoms with van der Waals surface area (Å²) in [5.41, 5.74) is 2.86. The molecule has 0 bridgehead atoms. The van der Waals surface area contributed by atoms with Crippen LogP contribution in [0, 0.1) is 5.92 Å². The summed E-state index contributed by atoms with van der Waals surface area (Å²) in [6, 6.07) is 0.791. The molecule has 1 aromatic rings. The van der Waals surface area contributed by atoms with Gasteiger partial charge in [0.2, 0.25) is 0 Å². The number of likely N-dealkylation sites (tertiary alicyclic amines) is 1. The number of fused-ring (bicyclic) bond motifs is 2. The van der Waals surface area contributed by atoms with Gasteiger partial charge in [-0.25, -0.2) is 0 Å². The van der Waals surface area contributed by atoms with Gasteiger partial charge in [-0.15, -0.1) is 12.4 Å². The van der Waals surface area contributed by atoms with E-state index in [4.69, 9.17) is 0 Å². The number of nitrogens with one attached hydrogen (secondary N) is 1. The molecule has 2 unspecified atom stereocenters. The molecule has 1 N–H and O–H groups in total. The Kier molecular flexibility index (Phi) is 4.10. The summed E-state index contributed by atoms with van der Waals surface area (Å²) in [6.45, 7) is 4.87. The molecule has 2 atom stereocenters. The van der Waals surface area contributed by atoms with E-state index in [-0.39, 0.29) is 12.4 Å². The first kappa shape index (κ1) is 12.9. The molecule has 17 heavy (non-hydrogen) atoms. The summed E-state index contributed by atoms with van der Waals surface area (Å²) < 4.78 is 0. The number of H-pyrrole nitrogens is 1. The smallest absolute Gasteiger partial charge is 0.0522 e. The fraction of sp³-hybridized carbons (Fsp3) is 0.769. The van der Waals surface area contributed by atoms with Crippen LogP contribution in [0.25, 0.3) is 0 Å². The molecular weight excluding hydrogens is 234 g/mol. The average molecular weight is 256 g/mol. The highest BCUT2D eigenvalue weighted by atomic mass is 35.5. The first-order valence-corrected chi connectivity index (χ1v) is 6.63. The molecule has 3 rings (SSSR count). The maximum atomic E-state index is 4.19. The lowest BCUT2D eigenvalue weighted by molar-refractivity contribution is 0.0850. The minimum atomic E-state index is 0. The molecule has 1 aromatic heterocycles. The van der Waals surface area contributed by atoms with Gasteiger partial charge in [0.05, 0.1) is 6.20 Å². The first-order chi connectivity index (χ1) is 7.88. The number of aromatic nitrogens is 2. The lowest BCUT2D eigenvalue weighted by atomic mass is 9.77. The standard InChI is InChI=1S/C13H21N3.ClH/c1-2-5-16-6-3-4-10-7-12-11(8-13(10)16)9-14-15-12;/h9-10,13H,2-8H2,1H3,(H,14,15);1H. The molecule has 3 nitrogen and oxygen atoms in total. The largest absolute Gasteiger partial charge is 0.300 e. The molecule has 1 saturated heterocycles. The number of halogens is 1. The summed E-state index contributed by atoms with van der Waals surface area (Å²) in [7, 11) is 0. The van der Waals surface area contributed by atoms with Crippen LogP contribution in [-0.4, -0.2) is 34.2 Å². The van der Waals surface area contributed by atoms with Gasteiger partial charge in [-0.1, -0.05) is 6.92 Å². The van der Waals surface area contributed by atoms with E-state index in [2.05, 4.69) is 22.0 Å². The van der Waals surface area contributed by atoms with Crippen LogP contribution >= 0.6 is 12.4 Å². The fourth-order valence-corrected chi connectivity index (χ4v) is 3.49. The van der Waals surface area contributed by atoms with Crippen LogP contribution in [0.5, 0.6) is 0 Å². The number of nitrogens with zero attached hydrogens (tertiary/aromatic N) is 2. The van der Waals surface area contributed by atoms with Crippen LogP contribution in [0.1, 0.15) is 37.4 Å². The molecular formula is C13H22ClN3. The Morgan fingerprint density at radius 1 is 1.47 bits per heavy atom. The van der Waals surface area contributed by atoms with Crippen molar-refractivity contribution in [1.29, 1.82) is 0 Å². The van der Waals surface area contributed by atoms with Crippen LogP contribution in [0.4, 0.5) is 0 Å². The van der Waals surface area contributed by atoms with Gasteiger partial charge in [0.15, 0.2) is 0 Å². The Morgan fingerprint density at radius 2 is 2.35 bits per heavy atom. The molecule has 2 aliphatic rings. The molecule has 0 saturated carbocycles. The fourth-order valence-electron chi connectivity index (χ4n) is 3.49. The predicted octanol–water partition coefficient (Wildman–Crippen LogP) is 2.42. The van der Waals surface area contributed by atoms with Crippen molar-refractivity contribution in [2.45, 2.75) is 45.1 Å². The van der Waals surface area contributed by atoms with Crippen molar-refractivity contribution in [1.82, 2.24) is 15.1 Å². The van der Waals surface area contributed by atoms with Crippen LogP contribution in [0.3, 0.4) is 0 Å². The van der Waals surface area contributed by atoms with Crippen LogP contribution in [-0.2, 0) is 12.8 Å². The van der Waals surface area contributed by atoms with E-state index in [0.29, 0.717) is 0 Å². The zero-order valence-electron chi connectivity index (χ0n) is 10.5. The van der Waals surface area contributed by atoms with Crippen molar-refractivity contribution in [2.75, 3.05) is 13.1 Å². The van der Waals surface area contributed by atoms with E-state index < -0.39 is 0 Å². The second-order valence-electron chi connectivity index (χ2n) is 5.29. The predicted molar refractivity (Wildman–Crippen MR) is 71.6 cm³/mol. The van der Waals surface area contributed by atoms with Crippen molar-refractivity contribution in [2.24, 2.45) is 5.92 Å². The lowest BCUT2D eigenvalue weighted by Crippen LogP contribution is -2.49. The van der Waals surface area contributed by atoms with Crippen molar-refractivity contribution < 1.29 is 0 Å². The molecule has 1 fully saturated rings. The highest BCUT2D eigenvalue weighted by Gasteiger charge is 2.35. The van der Waals surface area contributed by atoms with Crippen LogP contribution in [0.15, 0.2) is 6.20 Å². The summed E-state index contributed by atoms with van der Waals surface area (Å²) in [5, 5.41) is 7.36. The molecule has 0 radical (unpaired) electrons. The Labute approximate surface area is 109 Å². The van der Waals surface area contributed by atoms with Gasteiger partial charge in [0, 0.05) is 11.7 Å². The molecule has 0 spiro atoms. The van der Waals surface area contributed by atoms with Gasteiger partial charge in [0.25, 0.3) is 0 Å². The highest BCUT2D eigenvalue weighted by Crippen LogP contribution is 2.34. The third-order valence-electron chi connectivity index (χ3n) is 4.25. The summed E-state index contributed by atoms with van der Waals surface area (Å²) in [4.78, 5) is 2.71.